The van der Waals surface area contributed by atoms with Crippen LogP contribution in [0.4, 0.5) is 0 Å². The summed E-state index contributed by atoms with van der Waals surface area (Å²) in [6.45, 7) is 1.98. The Bertz CT molecular complexity index is 947. The lowest BCUT2D eigenvalue weighted by molar-refractivity contribution is -0.140. The minimum atomic E-state index is -0.420. The average Bonchev–Trinajstić information content (AvgIpc) is 3.22. The molecule has 1 aromatic heterocycles. The zero-order valence-electron chi connectivity index (χ0n) is 15.9. The van der Waals surface area contributed by atoms with E-state index in [-0.39, 0.29) is 18.2 Å². The second kappa shape index (κ2) is 9.33. The number of ketones is 1. The largest absolute Gasteiger partial charge is 0.469 e. The predicted octanol–water partition coefficient (Wildman–Crippen LogP) is 5.77. The van der Waals surface area contributed by atoms with Gasteiger partial charge < -0.3 is 9.47 Å². The molecule has 0 aliphatic rings. The molecule has 0 radical (unpaired) electrons. The molecule has 28 heavy (non-hydrogen) atoms. The lowest BCUT2D eigenvalue weighted by Crippen LogP contribution is -2.16. The highest BCUT2D eigenvalue weighted by Crippen LogP contribution is 2.31. The van der Waals surface area contributed by atoms with Crippen LogP contribution in [0.2, 0.25) is 0 Å². The molecule has 0 N–H and O–H groups in total. The van der Waals surface area contributed by atoms with E-state index in [1.54, 1.807) is 23.5 Å². The molecule has 0 aliphatic heterocycles. The van der Waals surface area contributed by atoms with Gasteiger partial charge >= 0.3 is 5.97 Å². The molecule has 0 fully saturated rings. The number of rotatable bonds is 8. The van der Waals surface area contributed by atoms with E-state index in [0.29, 0.717) is 17.7 Å². The van der Waals surface area contributed by atoms with Crippen LogP contribution in [-0.2, 0) is 9.53 Å². The van der Waals surface area contributed by atoms with Gasteiger partial charge in [0.25, 0.3) is 0 Å². The van der Waals surface area contributed by atoms with Crippen LogP contribution in [0.15, 0.2) is 65.4 Å². The number of carbonyl (C=O) groups excluding carboxylic acids is 2. The van der Waals surface area contributed by atoms with Gasteiger partial charge in [-0.2, -0.15) is 0 Å². The molecule has 144 valence electrons. The zero-order valence-corrected chi connectivity index (χ0v) is 16.7. The van der Waals surface area contributed by atoms with Gasteiger partial charge in [0, 0.05) is 23.3 Å². The van der Waals surface area contributed by atoms with Crippen LogP contribution < -0.4 is 4.74 Å². The van der Waals surface area contributed by atoms with Crippen molar-refractivity contribution >= 4 is 23.1 Å². The van der Waals surface area contributed by atoms with E-state index in [4.69, 9.17) is 9.47 Å². The lowest BCUT2D eigenvalue weighted by Gasteiger charge is -2.18. The summed E-state index contributed by atoms with van der Waals surface area (Å²) < 4.78 is 10.6. The first-order valence-corrected chi connectivity index (χ1v) is 9.99. The predicted molar refractivity (Wildman–Crippen MR) is 110 cm³/mol. The summed E-state index contributed by atoms with van der Waals surface area (Å²) in [5.74, 6) is 0.586. The quantitative estimate of drug-likeness (QED) is 0.360. The Morgan fingerprint density at radius 3 is 2.57 bits per heavy atom. The third kappa shape index (κ3) is 4.87. The first-order chi connectivity index (χ1) is 13.6. The second-order valence-electron chi connectivity index (χ2n) is 6.48. The van der Waals surface area contributed by atoms with Gasteiger partial charge in [-0.05, 0) is 48.1 Å². The van der Waals surface area contributed by atoms with Gasteiger partial charge in [-0.15, -0.1) is 11.3 Å². The third-order valence-corrected chi connectivity index (χ3v) is 5.26. The Labute approximate surface area is 168 Å². The molecule has 1 heterocycles. The number of hydrogen-bond acceptors (Lipinski definition) is 5. The number of hydrogen-bond donors (Lipinski definition) is 0. The minimum Gasteiger partial charge on any atom is -0.469 e. The molecule has 0 aliphatic carbocycles. The first-order valence-electron chi connectivity index (χ1n) is 9.05. The number of benzene rings is 2. The molecule has 0 saturated heterocycles. The van der Waals surface area contributed by atoms with E-state index in [1.807, 2.05) is 60.1 Å². The molecule has 0 bridgehead atoms. The summed E-state index contributed by atoms with van der Waals surface area (Å²) in [5.41, 5.74) is 2.52. The van der Waals surface area contributed by atoms with Gasteiger partial charge in [0.1, 0.15) is 11.5 Å². The molecule has 0 amide bonds. The number of Topliss-reactive ketones (excluding diaryl/α,β-unsaturated/α-hetero) is 1. The molecule has 3 rings (SSSR count). The molecule has 3 aromatic rings. The van der Waals surface area contributed by atoms with Crippen molar-refractivity contribution in [1.29, 1.82) is 0 Å². The normalized spacial score (nSPS) is 11.6. The monoisotopic (exact) mass is 394 g/mol. The van der Waals surface area contributed by atoms with Crippen molar-refractivity contribution in [2.75, 3.05) is 7.11 Å². The van der Waals surface area contributed by atoms with Crippen molar-refractivity contribution in [3.63, 3.8) is 0 Å². The maximum atomic E-state index is 13.3. The molecule has 4 nitrogen and oxygen atoms in total. The Hall–Kier alpha value is -2.92. The van der Waals surface area contributed by atoms with Crippen molar-refractivity contribution in [3.05, 3.63) is 82.0 Å². The summed E-state index contributed by atoms with van der Waals surface area (Å²) in [6.07, 6.45) is 0.582. The van der Waals surface area contributed by atoms with Crippen LogP contribution in [0, 0.1) is 6.92 Å². The Morgan fingerprint density at radius 1 is 1.04 bits per heavy atom. The van der Waals surface area contributed by atoms with E-state index >= 15 is 0 Å². The summed E-state index contributed by atoms with van der Waals surface area (Å²) in [4.78, 5) is 25.0. The van der Waals surface area contributed by atoms with Gasteiger partial charge in [0.15, 0.2) is 5.78 Å². The van der Waals surface area contributed by atoms with Gasteiger partial charge in [-0.1, -0.05) is 36.4 Å². The standard InChI is InChI=1S/C23H22O4S/c1-16-6-3-4-9-20(16)21(10-11-22(24)26-2)23(25)17-7-5-8-18(14-17)27-19-12-13-28-15-19/h3-9,12-15,21H,10-11H2,1-2H3. The smallest absolute Gasteiger partial charge is 0.305 e. The van der Waals surface area contributed by atoms with Crippen molar-refractivity contribution in [3.8, 4) is 11.5 Å². The van der Waals surface area contributed by atoms with Crippen LogP contribution in [0.1, 0.15) is 40.2 Å². The van der Waals surface area contributed by atoms with Crippen LogP contribution in [-0.4, -0.2) is 18.9 Å². The van der Waals surface area contributed by atoms with Crippen LogP contribution in [0.5, 0.6) is 11.5 Å². The Morgan fingerprint density at radius 2 is 1.86 bits per heavy atom. The average molecular weight is 394 g/mol. The molecular weight excluding hydrogens is 372 g/mol. The minimum absolute atomic E-state index is 0.0334. The fourth-order valence-electron chi connectivity index (χ4n) is 3.13. The van der Waals surface area contributed by atoms with Gasteiger partial charge in [-0.25, -0.2) is 0 Å². The molecule has 0 spiro atoms. The van der Waals surface area contributed by atoms with Crippen LogP contribution in [0.25, 0.3) is 0 Å². The molecule has 5 heteroatoms. The highest BCUT2D eigenvalue weighted by atomic mass is 32.1. The molecular formula is C23H22O4S. The molecule has 1 atom stereocenters. The fraction of sp³-hybridized carbons (Fsp3) is 0.217. The maximum Gasteiger partial charge on any atom is 0.305 e. The molecule has 1 unspecified atom stereocenters. The van der Waals surface area contributed by atoms with E-state index in [9.17, 15) is 9.59 Å². The molecule has 0 saturated carbocycles. The summed E-state index contributed by atoms with van der Waals surface area (Å²) in [6, 6.07) is 16.8. The SMILES string of the molecule is COC(=O)CCC(C(=O)c1cccc(Oc2ccsc2)c1)c1ccccc1C. The number of aryl methyl sites for hydroxylation is 1. The van der Waals surface area contributed by atoms with Crippen molar-refractivity contribution in [1.82, 2.24) is 0 Å². The highest BCUT2D eigenvalue weighted by Gasteiger charge is 2.25. The van der Waals surface area contributed by atoms with Crippen molar-refractivity contribution in [2.24, 2.45) is 0 Å². The van der Waals surface area contributed by atoms with Crippen LogP contribution in [0.3, 0.4) is 0 Å². The number of methoxy groups -OCH3 is 1. The second-order valence-corrected chi connectivity index (χ2v) is 7.26. The summed E-state index contributed by atoms with van der Waals surface area (Å²) in [5, 5.41) is 3.84. The highest BCUT2D eigenvalue weighted by molar-refractivity contribution is 7.08. The Balaban J connectivity index is 1.88. The van der Waals surface area contributed by atoms with E-state index in [2.05, 4.69) is 0 Å². The first kappa shape index (κ1) is 19.8. The number of ether oxygens (including phenoxy) is 2. The summed E-state index contributed by atoms with van der Waals surface area (Å²) >= 11 is 1.55. The van der Waals surface area contributed by atoms with E-state index in [1.165, 1.54) is 7.11 Å². The number of esters is 1. The van der Waals surface area contributed by atoms with Gasteiger partial charge in [0.05, 0.1) is 7.11 Å². The van der Waals surface area contributed by atoms with Gasteiger partial charge in [0.2, 0.25) is 0 Å². The lowest BCUT2D eigenvalue weighted by atomic mass is 9.85. The third-order valence-electron chi connectivity index (χ3n) is 4.59. The number of carbonyl (C=O) groups is 2. The summed E-state index contributed by atoms with van der Waals surface area (Å²) in [7, 11) is 1.36. The van der Waals surface area contributed by atoms with E-state index in [0.717, 1.165) is 16.9 Å². The number of thiophene rings is 1. The Kier molecular flexibility index (Phi) is 6.61. The fourth-order valence-corrected chi connectivity index (χ4v) is 3.68. The van der Waals surface area contributed by atoms with Crippen molar-refractivity contribution < 1.29 is 19.1 Å². The topological polar surface area (TPSA) is 52.6 Å². The van der Waals surface area contributed by atoms with Crippen molar-refractivity contribution in [2.45, 2.75) is 25.7 Å². The van der Waals surface area contributed by atoms with E-state index < -0.39 is 5.92 Å². The van der Waals surface area contributed by atoms with Gasteiger partial charge in [-0.3, -0.25) is 9.59 Å². The molecule has 2 aromatic carbocycles. The zero-order chi connectivity index (χ0) is 19.9. The maximum absolute atomic E-state index is 13.3. The van der Waals surface area contributed by atoms with Crippen LogP contribution >= 0.6 is 11.3 Å².